The maximum absolute atomic E-state index is 12.3. The highest BCUT2D eigenvalue weighted by molar-refractivity contribution is 5.59. The van der Waals surface area contributed by atoms with E-state index >= 15 is 0 Å². The molecule has 0 aliphatic heterocycles. The van der Waals surface area contributed by atoms with Crippen LogP contribution in [0.5, 0.6) is 0 Å². The molecule has 0 fully saturated rings. The van der Waals surface area contributed by atoms with Gasteiger partial charge in [0.25, 0.3) is 0 Å². The molecule has 84 valence electrons. The van der Waals surface area contributed by atoms with Crippen LogP contribution >= 0.6 is 0 Å². The van der Waals surface area contributed by atoms with Gasteiger partial charge in [-0.3, -0.25) is 9.59 Å². The summed E-state index contributed by atoms with van der Waals surface area (Å²) in [6, 6.07) is -0.269. The van der Waals surface area contributed by atoms with Gasteiger partial charge in [-0.1, -0.05) is 0 Å². The summed E-state index contributed by atoms with van der Waals surface area (Å²) < 4.78 is 37.0. The van der Waals surface area contributed by atoms with Gasteiger partial charge < -0.3 is 4.90 Å². The highest BCUT2D eigenvalue weighted by Crippen LogP contribution is 2.33. The highest BCUT2D eigenvalue weighted by atomic mass is 19.4. The molecular weight excluding hydrogens is 211 g/mol. The molecule has 6 heteroatoms. The van der Waals surface area contributed by atoms with Crippen LogP contribution in [0.25, 0.3) is 0 Å². The average molecular weight is 221 g/mol. The number of alkyl halides is 3. The van der Waals surface area contributed by atoms with Crippen molar-refractivity contribution in [3.05, 3.63) is 26.0 Å². The lowest BCUT2D eigenvalue weighted by Crippen LogP contribution is -2.47. The van der Waals surface area contributed by atoms with Crippen molar-refractivity contribution in [1.29, 1.82) is 0 Å². The normalized spacial score (nSPS) is 12.5. The van der Waals surface area contributed by atoms with Crippen molar-refractivity contribution in [2.45, 2.75) is 26.1 Å². The predicted molar refractivity (Wildman–Crippen MR) is 49.9 cm³/mol. The summed E-state index contributed by atoms with van der Waals surface area (Å²) in [5, 5.41) is 0. The number of hydrogen-bond donors (Lipinski definition) is 0. The summed E-state index contributed by atoms with van der Waals surface area (Å²) in [5.74, 6) is 0. The quantitative estimate of drug-likeness (QED) is 0.703. The van der Waals surface area contributed by atoms with Crippen LogP contribution in [0.15, 0.2) is 9.59 Å². The van der Waals surface area contributed by atoms with Crippen LogP contribution in [-0.2, 0) is 6.18 Å². The Bertz CT molecular complexity index is 441. The monoisotopic (exact) mass is 221 g/mol. The fraction of sp³-hybridized carbons (Fsp3) is 0.556. The lowest BCUT2D eigenvalue weighted by atomic mass is 10.0. The minimum atomic E-state index is -4.75. The van der Waals surface area contributed by atoms with Crippen LogP contribution < -0.4 is 15.8 Å². The van der Waals surface area contributed by atoms with E-state index in [1.807, 2.05) is 0 Å². The summed E-state index contributed by atoms with van der Waals surface area (Å²) in [6.45, 7) is 3.27. The van der Waals surface area contributed by atoms with Gasteiger partial charge >= 0.3 is 6.18 Å². The van der Waals surface area contributed by atoms with Crippen LogP contribution in [-0.4, -0.2) is 13.1 Å². The smallest absolute Gasteiger partial charge is 0.368 e. The van der Waals surface area contributed by atoms with E-state index < -0.39 is 28.3 Å². The van der Waals surface area contributed by atoms with Crippen LogP contribution in [0, 0.1) is 0 Å². The van der Waals surface area contributed by atoms with Crippen LogP contribution in [0.3, 0.4) is 0 Å². The second-order valence-corrected chi connectivity index (χ2v) is 3.58. The molecule has 0 aromatic heterocycles. The van der Waals surface area contributed by atoms with Gasteiger partial charge in [-0.25, -0.2) is 0 Å². The Balaban J connectivity index is 3.28. The third kappa shape index (κ3) is 1.75. The molecule has 3 nitrogen and oxygen atoms in total. The molecule has 0 unspecified atom stereocenters. The largest absolute Gasteiger partial charge is 0.422 e. The van der Waals surface area contributed by atoms with Crippen molar-refractivity contribution in [1.82, 2.24) is 0 Å². The first-order chi connectivity index (χ1) is 6.68. The Morgan fingerprint density at radius 3 is 1.93 bits per heavy atom. The van der Waals surface area contributed by atoms with Gasteiger partial charge in [0.15, 0.2) is 0 Å². The fourth-order valence-corrected chi connectivity index (χ4v) is 1.24. The molecule has 0 spiro atoms. The number of anilines is 1. The first kappa shape index (κ1) is 11.7. The van der Waals surface area contributed by atoms with E-state index in [1.54, 1.807) is 13.8 Å². The summed E-state index contributed by atoms with van der Waals surface area (Å²) >= 11 is 0. The van der Waals surface area contributed by atoms with E-state index in [-0.39, 0.29) is 6.04 Å². The molecule has 0 bridgehead atoms. The number of rotatable bonds is 2. The van der Waals surface area contributed by atoms with E-state index in [2.05, 4.69) is 0 Å². The molecule has 0 radical (unpaired) electrons. The second-order valence-electron chi connectivity index (χ2n) is 3.58. The van der Waals surface area contributed by atoms with Crippen molar-refractivity contribution in [3.63, 3.8) is 0 Å². The minimum Gasteiger partial charge on any atom is -0.368 e. The fourth-order valence-electron chi connectivity index (χ4n) is 1.24. The molecule has 0 saturated heterocycles. The third-order valence-electron chi connectivity index (χ3n) is 2.30. The summed E-state index contributed by atoms with van der Waals surface area (Å²) in [5.41, 5.74) is -4.35. The van der Waals surface area contributed by atoms with Crippen molar-refractivity contribution in [2.75, 3.05) is 11.9 Å². The van der Waals surface area contributed by atoms with Crippen molar-refractivity contribution in [2.24, 2.45) is 0 Å². The lowest BCUT2D eigenvalue weighted by molar-refractivity contribution is -0.138. The highest BCUT2D eigenvalue weighted by Gasteiger charge is 2.43. The maximum atomic E-state index is 12.3. The van der Waals surface area contributed by atoms with Gasteiger partial charge in [-0.05, 0) is 13.8 Å². The zero-order valence-corrected chi connectivity index (χ0v) is 8.47. The number of halogens is 3. The van der Waals surface area contributed by atoms with Crippen LogP contribution in [0.2, 0.25) is 0 Å². The van der Waals surface area contributed by atoms with Gasteiger partial charge in [0.2, 0.25) is 10.9 Å². The number of hydrogen-bond acceptors (Lipinski definition) is 3. The Kier molecular flexibility index (Phi) is 2.63. The zero-order chi connectivity index (χ0) is 12.0. The minimum absolute atomic E-state index is 0.269. The predicted octanol–water partition coefficient (Wildman–Crippen LogP) is 1.15. The molecule has 15 heavy (non-hydrogen) atoms. The van der Waals surface area contributed by atoms with E-state index in [0.717, 1.165) is 4.90 Å². The van der Waals surface area contributed by atoms with E-state index in [0.29, 0.717) is 0 Å². The molecule has 1 aromatic rings. The molecule has 1 rings (SSSR count). The van der Waals surface area contributed by atoms with Crippen molar-refractivity contribution < 1.29 is 13.2 Å². The van der Waals surface area contributed by atoms with Crippen molar-refractivity contribution >= 4 is 5.69 Å². The molecule has 0 aliphatic rings. The number of nitrogens with zero attached hydrogens (tertiary/aromatic N) is 1. The lowest BCUT2D eigenvalue weighted by Gasteiger charge is -2.27. The Hall–Kier alpha value is -1.33. The van der Waals surface area contributed by atoms with Gasteiger partial charge in [0.1, 0.15) is 11.3 Å². The molecule has 0 heterocycles. The zero-order valence-electron chi connectivity index (χ0n) is 8.47. The molecule has 1 aromatic carbocycles. The summed E-state index contributed by atoms with van der Waals surface area (Å²) in [6.07, 6.45) is -4.75. The Morgan fingerprint density at radius 2 is 1.60 bits per heavy atom. The molecular formula is C9H10F3NO2. The SMILES string of the molecule is CC(C)N(C)c1c(C(F)(F)F)c(=O)c1=O. The second kappa shape index (κ2) is 3.36. The maximum Gasteiger partial charge on any atom is 0.422 e. The first-order valence-electron chi connectivity index (χ1n) is 4.31. The van der Waals surface area contributed by atoms with E-state index in [1.165, 1.54) is 7.05 Å². The Morgan fingerprint density at radius 1 is 1.13 bits per heavy atom. The summed E-state index contributed by atoms with van der Waals surface area (Å²) in [7, 11) is 1.36. The van der Waals surface area contributed by atoms with E-state index in [4.69, 9.17) is 0 Å². The van der Waals surface area contributed by atoms with Gasteiger partial charge in [0.05, 0.1) is 0 Å². The van der Waals surface area contributed by atoms with Crippen molar-refractivity contribution in [3.8, 4) is 0 Å². The summed E-state index contributed by atoms with van der Waals surface area (Å²) in [4.78, 5) is 23.0. The average Bonchev–Trinajstić information content (AvgIpc) is 2.09. The van der Waals surface area contributed by atoms with Gasteiger partial charge in [-0.15, -0.1) is 0 Å². The standard InChI is InChI=1S/C9H10F3NO2/c1-4(2)13(3)6-5(9(10,11)12)7(14)8(6)15/h4H,1-3H3. The topological polar surface area (TPSA) is 37.4 Å². The van der Waals surface area contributed by atoms with Gasteiger partial charge in [-0.2, -0.15) is 13.2 Å². The molecule has 0 amide bonds. The third-order valence-corrected chi connectivity index (χ3v) is 2.30. The van der Waals surface area contributed by atoms with Crippen LogP contribution in [0.4, 0.5) is 18.9 Å². The van der Waals surface area contributed by atoms with Crippen LogP contribution in [0.1, 0.15) is 19.4 Å². The van der Waals surface area contributed by atoms with Gasteiger partial charge in [0, 0.05) is 13.1 Å². The molecule has 0 saturated carbocycles. The first-order valence-corrected chi connectivity index (χ1v) is 4.31. The Labute approximate surface area is 83.8 Å². The molecule has 0 atom stereocenters. The van der Waals surface area contributed by atoms with E-state index in [9.17, 15) is 22.8 Å². The molecule has 0 N–H and O–H groups in total. The molecule has 0 aliphatic carbocycles.